The number of hydrogen-bond donors (Lipinski definition) is 0. The summed E-state index contributed by atoms with van der Waals surface area (Å²) in [6.45, 7) is 3.01. The number of halogens is 1. The van der Waals surface area contributed by atoms with Crippen LogP contribution in [0.4, 0.5) is 11.4 Å². The standard InChI is InChI=1S/C16H14BrN3/c1-2-20(13-6-4-3-5-7-13)15-8-9-18-14-10-12(17)11-19-16(14)15/h3-11H,2H2,1H3. The summed E-state index contributed by atoms with van der Waals surface area (Å²) in [4.78, 5) is 11.2. The van der Waals surface area contributed by atoms with Crippen LogP contribution in [-0.2, 0) is 0 Å². The van der Waals surface area contributed by atoms with Gasteiger partial charge < -0.3 is 4.90 Å². The van der Waals surface area contributed by atoms with Gasteiger partial charge in [-0.05, 0) is 47.1 Å². The molecule has 0 fully saturated rings. The first-order chi connectivity index (χ1) is 9.79. The van der Waals surface area contributed by atoms with E-state index >= 15 is 0 Å². The van der Waals surface area contributed by atoms with Crippen molar-refractivity contribution in [2.75, 3.05) is 11.4 Å². The summed E-state index contributed by atoms with van der Waals surface area (Å²) >= 11 is 3.44. The molecule has 20 heavy (non-hydrogen) atoms. The summed E-state index contributed by atoms with van der Waals surface area (Å²) in [5, 5.41) is 0. The highest BCUT2D eigenvalue weighted by molar-refractivity contribution is 9.10. The van der Waals surface area contributed by atoms with Gasteiger partial charge in [-0.1, -0.05) is 18.2 Å². The number of nitrogens with zero attached hydrogens (tertiary/aromatic N) is 3. The Balaban J connectivity index is 2.17. The number of benzene rings is 1. The Hall–Kier alpha value is -1.94. The highest BCUT2D eigenvalue weighted by Gasteiger charge is 2.12. The molecule has 3 rings (SSSR count). The Morgan fingerprint density at radius 1 is 1.10 bits per heavy atom. The molecule has 0 radical (unpaired) electrons. The SMILES string of the molecule is CCN(c1ccccc1)c1ccnc2cc(Br)cnc12. The molecule has 1 aromatic carbocycles. The van der Waals surface area contributed by atoms with Crippen LogP contribution in [0, 0.1) is 0 Å². The lowest BCUT2D eigenvalue weighted by atomic mass is 10.2. The second-order valence-corrected chi connectivity index (χ2v) is 5.35. The molecule has 0 aliphatic rings. The van der Waals surface area contributed by atoms with Gasteiger partial charge in [-0.15, -0.1) is 0 Å². The second kappa shape index (κ2) is 5.59. The number of pyridine rings is 2. The lowest BCUT2D eigenvalue weighted by molar-refractivity contribution is 1.02. The summed E-state index contributed by atoms with van der Waals surface area (Å²) in [5.41, 5.74) is 4.05. The van der Waals surface area contributed by atoms with Crippen LogP contribution in [0.1, 0.15) is 6.92 Å². The normalized spacial score (nSPS) is 10.7. The minimum Gasteiger partial charge on any atom is -0.340 e. The minimum absolute atomic E-state index is 0.876. The number of anilines is 2. The van der Waals surface area contributed by atoms with Gasteiger partial charge in [0, 0.05) is 29.1 Å². The van der Waals surface area contributed by atoms with Gasteiger partial charge in [0.05, 0.1) is 11.2 Å². The van der Waals surface area contributed by atoms with Crippen molar-refractivity contribution >= 4 is 38.3 Å². The summed E-state index contributed by atoms with van der Waals surface area (Å²) in [6.07, 6.45) is 3.64. The Kier molecular flexibility index (Phi) is 3.65. The van der Waals surface area contributed by atoms with E-state index in [1.165, 1.54) is 0 Å². The van der Waals surface area contributed by atoms with E-state index in [0.29, 0.717) is 0 Å². The smallest absolute Gasteiger partial charge is 0.112 e. The molecule has 0 spiro atoms. The fraction of sp³-hybridized carbons (Fsp3) is 0.125. The molecule has 0 bridgehead atoms. The molecule has 0 saturated carbocycles. The molecule has 0 N–H and O–H groups in total. The van der Waals surface area contributed by atoms with E-state index in [2.05, 4.69) is 49.9 Å². The second-order valence-electron chi connectivity index (χ2n) is 4.43. The van der Waals surface area contributed by atoms with Crippen LogP contribution in [-0.4, -0.2) is 16.5 Å². The first kappa shape index (κ1) is 13.1. The predicted octanol–water partition coefficient (Wildman–Crippen LogP) is 4.55. The van der Waals surface area contributed by atoms with E-state index in [4.69, 9.17) is 0 Å². The maximum atomic E-state index is 4.52. The first-order valence-corrected chi connectivity index (χ1v) is 7.31. The number of rotatable bonds is 3. The lowest BCUT2D eigenvalue weighted by Crippen LogP contribution is -2.16. The average molecular weight is 328 g/mol. The number of aromatic nitrogens is 2. The van der Waals surface area contributed by atoms with Crippen LogP contribution in [0.5, 0.6) is 0 Å². The van der Waals surface area contributed by atoms with Gasteiger partial charge >= 0.3 is 0 Å². The fourth-order valence-electron chi connectivity index (χ4n) is 2.31. The largest absolute Gasteiger partial charge is 0.340 e. The molecule has 2 heterocycles. The lowest BCUT2D eigenvalue weighted by Gasteiger charge is -2.24. The van der Waals surface area contributed by atoms with Gasteiger partial charge in [0.25, 0.3) is 0 Å². The zero-order chi connectivity index (χ0) is 13.9. The van der Waals surface area contributed by atoms with E-state index in [9.17, 15) is 0 Å². The quantitative estimate of drug-likeness (QED) is 0.706. The molecule has 0 aliphatic heterocycles. The van der Waals surface area contributed by atoms with Gasteiger partial charge in [-0.25, -0.2) is 0 Å². The molecule has 3 aromatic rings. The summed E-state index contributed by atoms with van der Waals surface area (Å²) in [5.74, 6) is 0. The minimum atomic E-state index is 0.876. The molecule has 100 valence electrons. The third kappa shape index (κ3) is 2.39. The Labute approximate surface area is 126 Å². The van der Waals surface area contributed by atoms with Crippen molar-refractivity contribution in [3.63, 3.8) is 0 Å². The number of fused-ring (bicyclic) bond motifs is 1. The fourth-order valence-corrected chi connectivity index (χ4v) is 2.63. The topological polar surface area (TPSA) is 29.0 Å². The van der Waals surface area contributed by atoms with Crippen molar-refractivity contribution in [2.45, 2.75) is 6.92 Å². The van der Waals surface area contributed by atoms with E-state index < -0.39 is 0 Å². The maximum Gasteiger partial charge on any atom is 0.112 e. The molecular formula is C16H14BrN3. The van der Waals surface area contributed by atoms with Crippen molar-refractivity contribution in [1.29, 1.82) is 0 Å². The van der Waals surface area contributed by atoms with Crippen molar-refractivity contribution in [2.24, 2.45) is 0 Å². The molecular weight excluding hydrogens is 314 g/mol. The molecule has 0 aliphatic carbocycles. The monoisotopic (exact) mass is 327 g/mol. The summed E-state index contributed by atoms with van der Waals surface area (Å²) in [6, 6.07) is 14.3. The predicted molar refractivity (Wildman–Crippen MR) is 86.4 cm³/mol. The summed E-state index contributed by atoms with van der Waals surface area (Å²) in [7, 11) is 0. The van der Waals surface area contributed by atoms with Gasteiger partial charge in [0.15, 0.2) is 0 Å². The molecule has 0 unspecified atom stereocenters. The highest BCUT2D eigenvalue weighted by atomic mass is 79.9. The van der Waals surface area contributed by atoms with Crippen molar-refractivity contribution < 1.29 is 0 Å². The number of para-hydroxylation sites is 1. The van der Waals surface area contributed by atoms with Gasteiger partial charge in [0.1, 0.15) is 5.52 Å². The van der Waals surface area contributed by atoms with Crippen LogP contribution in [0.25, 0.3) is 11.0 Å². The van der Waals surface area contributed by atoms with Gasteiger partial charge in [-0.3, -0.25) is 9.97 Å². The zero-order valence-electron chi connectivity index (χ0n) is 11.1. The number of hydrogen-bond acceptors (Lipinski definition) is 3. The Morgan fingerprint density at radius 2 is 1.90 bits per heavy atom. The van der Waals surface area contributed by atoms with Crippen LogP contribution >= 0.6 is 15.9 Å². The molecule has 4 heteroatoms. The van der Waals surface area contributed by atoms with Gasteiger partial charge in [-0.2, -0.15) is 0 Å². The molecule has 0 atom stereocenters. The van der Waals surface area contributed by atoms with E-state index in [1.807, 2.05) is 42.7 Å². The molecule has 0 amide bonds. The van der Waals surface area contributed by atoms with E-state index in [1.54, 1.807) is 0 Å². The van der Waals surface area contributed by atoms with Crippen LogP contribution < -0.4 is 4.90 Å². The molecule has 3 nitrogen and oxygen atoms in total. The Bertz CT molecular complexity index is 728. The third-order valence-corrected chi connectivity index (χ3v) is 3.63. The molecule has 2 aromatic heterocycles. The van der Waals surface area contributed by atoms with E-state index in [0.717, 1.165) is 33.4 Å². The summed E-state index contributed by atoms with van der Waals surface area (Å²) < 4.78 is 0.942. The van der Waals surface area contributed by atoms with Crippen LogP contribution in [0.2, 0.25) is 0 Å². The van der Waals surface area contributed by atoms with Crippen molar-refractivity contribution in [3.8, 4) is 0 Å². The highest BCUT2D eigenvalue weighted by Crippen LogP contribution is 2.30. The zero-order valence-corrected chi connectivity index (χ0v) is 12.7. The molecule has 0 saturated heterocycles. The third-order valence-electron chi connectivity index (χ3n) is 3.20. The van der Waals surface area contributed by atoms with Crippen molar-refractivity contribution in [3.05, 3.63) is 59.3 Å². The van der Waals surface area contributed by atoms with E-state index in [-0.39, 0.29) is 0 Å². The van der Waals surface area contributed by atoms with Crippen LogP contribution in [0.15, 0.2) is 59.3 Å². The Morgan fingerprint density at radius 3 is 2.65 bits per heavy atom. The van der Waals surface area contributed by atoms with Crippen LogP contribution in [0.3, 0.4) is 0 Å². The van der Waals surface area contributed by atoms with Crippen molar-refractivity contribution in [1.82, 2.24) is 9.97 Å². The average Bonchev–Trinajstić information content (AvgIpc) is 2.49. The van der Waals surface area contributed by atoms with Gasteiger partial charge in [0.2, 0.25) is 0 Å². The first-order valence-electron chi connectivity index (χ1n) is 6.52. The maximum absolute atomic E-state index is 4.52.